The highest BCUT2D eigenvalue weighted by Gasteiger charge is 2.03. The fraction of sp³-hybridized carbons (Fsp3) is 1.00. The number of thiol groups is 1. The SMILES string of the molecule is COC(OC)O[Si]CCCS. The predicted molar refractivity (Wildman–Crippen MR) is 47.9 cm³/mol. The van der Waals surface area contributed by atoms with Crippen LogP contribution in [0.1, 0.15) is 6.42 Å². The number of hydrogen-bond acceptors (Lipinski definition) is 4. The molecule has 0 saturated heterocycles. The molecule has 0 amide bonds. The van der Waals surface area contributed by atoms with Gasteiger partial charge in [-0.2, -0.15) is 12.6 Å². The third kappa shape index (κ3) is 6.83. The van der Waals surface area contributed by atoms with Crippen molar-refractivity contribution in [2.24, 2.45) is 0 Å². The smallest absolute Gasteiger partial charge is 0.261 e. The minimum absolute atomic E-state index is 0.434. The van der Waals surface area contributed by atoms with E-state index in [9.17, 15) is 0 Å². The maximum atomic E-state index is 5.19. The zero-order valence-electron chi connectivity index (χ0n) is 6.87. The quantitative estimate of drug-likeness (QED) is 0.283. The van der Waals surface area contributed by atoms with Gasteiger partial charge >= 0.3 is 0 Å². The van der Waals surface area contributed by atoms with Gasteiger partial charge in [0.25, 0.3) is 6.48 Å². The molecule has 0 aromatic carbocycles. The van der Waals surface area contributed by atoms with E-state index in [-0.39, 0.29) is 0 Å². The Morgan fingerprint density at radius 1 is 1.36 bits per heavy atom. The van der Waals surface area contributed by atoms with Crippen molar-refractivity contribution in [1.29, 1.82) is 0 Å². The van der Waals surface area contributed by atoms with Crippen molar-refractivity contribution in [1.82, 2.24) is 0 Å². The zero-order chi connectivity index (χ0) is 8.53. The van der Waals surface area contributed by atoms with Gasteiger partial charge < -0.3 is 13.9 Å². The second kappa shape index (κ2) is 8.54. The molecule has 0 atom stereocenters. The molecule has 0 heterocycles. The summed E-state index contributed by atoms with van der Waals surface area (Å²) in [5, 5.41) is 0. The summed E-state index contributed by atoms with van der Waals surface area (Å²) in [7, 11) is 3.54. The van der Waals surface area contributed by atoms with E-state index in [0.29, 0.717) is 9.76 Å². The predicted octanol–water partition coefficient (Wildman–Crippen LogP) is 0.937. The Labute approximate surface area is 75.8 Å². The Kier molecular flexibility index (Phi) is 8.89. The highest BCUT2D eigenvalue weighted by molar-refractivity contribution is 7.80. The van der Waals surface area contributed by atoms with Crippen molar-refractivity contribution in [3.8, 4) is 0 Å². The molecule has 0 bridgehead atoms. The van der Waals surface area contributed by atoms with Gasteiger partial charge in [0, 0.05) is 14.2 Å². The average molecular weight is 194 g/mol. The van der Waals surface area contributed by atoms with Crippen LogP contribution in [-0.4, -0.2) is 36.2 Å². The molecule has 0 fully saturated rings. The summed E-state index contributed by atoms with van der Waals surface area (Å²) in [6.45, 7) is -0.506. The zero-order valence-corrected chi connectivity index (χ0v) is 8.77. The number of ether oxygens (including phenoxy) is 2. The fourth-order valence-electron chi connectivity index (χ4n) is 0.471. The second-order valence-electron chi connectivity index (χ2n) is 1.85. The first-order chi connectivity index (χ1) is 5.35. The maximum Gasteiger partial charge on any atom is 0.261 e. The highest BCUT2D eigenvalue weighted by Crippen LogP contribution is 1.96. The Morgan fingerprint density at radius 3 is 2.45 bits per heavy atom. The lowest BCUT2D eigenvalue weighted by atomic mass is 10.6. The summed E-state index contributed by atoms with van der Waals surface area (Å²) >= 11 is 4.08. The normalized spacial score (nSPS) is 10.9. The molecular weight excluding hydrogens is 180 g/mol. The van der Waals surface area contributed by atoms with Gasteiger partial charge in [0.1, 0.15) is 0 Å². The van der Waals surface area contributed by atoms with Gasteiger partial charge in [-0.25, -0.2) is 0 Å². The monoisotopic (exact) mass is 194 g/mol. The van der Waals surface area contributed by atoms with E-state index in [1.807, 2.05) is 0 Å². The van der Waals surface area contributed by atoms with Gasteiger partial charge in [0.2, 0.25) is 9.76 Å². The Balaban J connectivity index is 3.07. The van der Waals surface area contributed by atoms with Crippen molar-refractivity contribution in [3.63, 3.8) is 0 Å². The van der Waals surface area contributed by atoms with Crippen LogP contribution in [0.2, 0.25) is 6.04 Å². The lowest BCUT2D eigenvalue weighted by Crippen LogP contribution is -2.19. The van der Waals surface area contributed by atoms with Crippen LogP contribution in [0.25, 0.3) is 0 Å². The van der Waals surface area contributed by atoms with Gasteiger partial charge in [0.05, 0.1) is 0 Å². The fourth-order valence-corrected chi connectivity index (χ4v) is 1.69. The largest absolute Gasteiger partial charge is 0.372 e. The first-order valence-corrected chi connectivity index (χ1v) is 5.15. The van der Waals surface area contributed by atoms with Crippen LogP contribution in [0.5, 0.6) is 0 Å². The van der Waals surface area contributed by atoms with E-state index in [4.69, 9.17) is 13.9 Å². The molecule has 11 heavy (non-hydrogen) atoms. The Bertz CT molecular complexity index is 80.2. The van der Waals surface area contributed by atoms with Gasteiger partial charge in [-0.05, 0) is 18.2 Å². The molecule has 2 radical (unpaired) electrons. The minimum atomic E-state index is -0.506. The lowest BCUT2D eigenvalue weighted by molar-refractivity contribution is -0.219. The number of hydrogen-bond donors (Lipinski definition) is 1. The minimum Gasteiger partial charge on any atom is -0.372 e. The van der Waals surface area contributed by atoms with E-state index in [0.717, 1.165) is 18.2 Å². The van der Waals surface area contributed by atoms with Crippen molar-refractivity contribution in [3.05, 3.63) is 0 Å². The number of rotatable bonds is 7. The molecule has 0 aromatic rings. The third-order valence-electron chi connectivity index (χ3n) is 1.00. The molecule has 0 rings (SSSR count). The molecular formula is C6H14O3SSi. The molecule has 0 aliphatic carbocycles. The third-order valence-corrected chi connectivity index (χ3v) is 2.23. The van der Waals surface area contributed by atoms with Crippen LogP contribution in [0.4, 0.5) is 0 Å². The Hall–Kier alpha value is 0.447. The van der Waals surface area contributed by atoms with Crippen LogP contribution in [0.3, 0.4) is 0 Å². The summed E-state index contributed by atoms with van der Waals surface area (Å²) < 4.78 is 14.8. The molecule has 0 unspecified atom stereocenters. The molecule has 0 aromatic heterocycles. The van der Waals surface area contributed by atoms with E-state index in [1.165, 1.54) is 0 Å². The number of methoxy groups -OCH3 is 2. The molecule has 0 spiro atoms. The Morgan fingerprint density at radius 2 is 2.00 bits per heavy atom. The van der Waals surface area contributed by atoms with Gasteiger partial charge in [-0.15, -0.1) is 0 Å². The lowest BCUT2D eigenvalue weighted by Gasteiger charge is -2.12. The summed E-state index contributed by atoms with van der Waals surface area (Å²) in [6, 6.07) is 1.02. The van der Waals surface area contributed by atoms with Gasteiger partial charge in [0.15, 0.2) is 0 Å². The molecule has 3 nitrogen and oxygen atoms in total. The van der Waals surface area contributed by atoms with Crippen molar-refractivity contribution in [2.75, 3.05) is 20.0 Å². The van der Waals surface area contributed by atoms with Gasteiger partial charge in [-0.1, -0.05) is 0 Å². The van der Waals surface area contributed by atoms with Crippen molar-refractivity contribution < 1.29 is 13.9 Å². The van der Waals surface area contributed by atoms with Crippen LogP contribution in [-0.2, 0) is 13.9 Å². The van der Waals surface area contributed by atoms with Crippen LogP contribution < -0.4 is 0 Å². The van der Waals surface area contributed by atoms with Crippen LogP contribution >= 0.6 is 12.6 Å². The van der Waals surface area contributed by atoms with Crippen LogP contribution in [0.15, 0.2) is 0 Å². The van der Waals surface area contributed by atoms with E-state index in [1.54, 1.807) is 14.2 Å². The van der Waals surface area contributed by atoms with Crippen molar-refractivity contribution in [2.45, 2.75) is 18.9 Å². The standard InChI is InChI=1S/C6H14O3SSi/c1-7-6(8-2)9-11-5-3-4-10/h6,10H,3-5H2,1-2H3. The van der Waals surface area contributed by atoms with Crippen LogP contribution in [0, 0.1) is 0 Å². The first kappa shape index (κ1) is 11.4. The first-order valence-electron chi connectivity index (χ1n) is 3.40. The molecule has 0 aliphatic heterocycles. The van der Waals surface area contributed by atoms with Crippen molar-refractivity contribution >= 4 is 22.4 Å². The van der Waals surface area contributed by atoms with E-state index < -0.39 is 6.48 Å². The molecule has 0 N–H and O–H groups in total. The summed E-state index contributed by atoms with van der Waals surface area (Å²) in [5.41, 5.74) is 0. The molecule has 5 heteroatoms. The summed E-state index contributed by atoms with van der Waals surface area (Å²) in [5.74, 6) is 0.904. The second-order valence-corrected chi connectivity index (χ2v) is 3.32. The molecule has 66 valence electrons. The maximum absolute atomic E-state index is 5.19. The van der Waals surface area contributed by atoms with Gasteiger partial charge in [-0.3, -0.25) is 0 Å². The summed E-state index contributed by atoms with van der Waals surface area (Å²) in [4.78, 5) is 0. The van der Waals surface area contributed by atoms with E-state index in [2.05, 4.69) is 12.6 Å². The topological polar surface area (TPSA) is 27.7 Å². The summed E-state index contributed by atoms with van der Waals surface area (Å²) in [6.07, 6.45) is 1.07. The molecule has 0 saturated carbocycles. The molecule has 0 aliphatic rings. The van der Waals surface area contributed by atoms with E-state index >= 15 is 0 Å². The average Bonchev–Trinajstić information content (AvgIpc) is 2.05. The highest BCUT2D eigenvalue weighted by atomic mass is 32.1.